The number of ether oxygens (including phenoxy) is 3. The van der Waals surface area contributed by atoms with E-state index in [1.165, 1.54) is 12.1 Å². The van der Waals surface area contributed by atoms with Crippen molar-refractivity contribution in [3.8, 4) is 5.75 Å². The Bertz CT molecular complexity index is 1570. The molecule has 3 aliphatic rings. The highest BCUT2D eigenvalue weighted by Crippen LogP contribution is 2.59. The monoisotopic (exact) mass is 1020 g/mol. The van der Waals surface area contributed by atoms with Gasteiger partial charge in [0.15, 0.2) is 0 Å². The fraction of sp³-hybridized carbons (Fsp3) is 0.423. The molecule has 214 valence electrons. The second-order valence-electron chi connectivity index (χ2n) is 10.4. The van der Waals surface area contributed by atoms with Crippen molar-refractivity contribution in [1.82, 2.24) is 0 Å². The number of rotatable bonds is 6. The molecule has 2 bridgehead atoms. The highest BCUT2D eigenvalue weighted by molar-refractivity contribution is 14.1. The minimum Gasteiger partial charge on any atom is -0.458 e. The van der Waals surface area contributed by atoms with Gasteiger partial charge in [-0.3, -0.25) is 14.1 Å². The second-order valence-corrected chi connectivity index (χ2v) is 16.2. The summed E-state index contributed by atoms with van der Waals surface area (Å²) in [7, 11) is -4.49. The molecule has 2 saturated carbocycles. The molecule has 6 atom stereocenters. The number of halogens is 4. The van der Waals surface area contributed by atoms with Gasteiger partial charge in [0.05, 0.1) is 22.3 Å². The predicted molar refractivity (Wildman–Crippen MR) is 176 cm³/mol. The van der Waals surface area contributed by atoms with Crippen LogP contribution in [0.4, 0.5) is 0 Å². The van der Waals surface area contributed by atoms with Crippen LogP contribution < -0.4 is 4.74 Å². The van der Waals surface area contributed by atoms with Gasteiger partial charge >= 0.3 is 17.9 Å². The molecule has 0 radical (unpaired) electrons. The van der Waals surface area contributed by atoms with Crippen LogP contribution in [-0.4, -0.2) is 43.1 Å². The highest BCUT2D eigenvalue weighted by Gasteiger charge is 2.70. The van der Waals surface area contributed by atoms with Gasteiger partial charge in [-0.25, -0.2) is 4.79 Å². The van der Waals surface area contributed by atoms with Crippen LogP contribution in [0.25, 0.3) is 0 Å². The molecule has 2 aromatic carbocycles. The van der Waals surface area contributed by atoms with Gasteiger partial charge < -0.3 is 14.2 Å². The SMILES string of the molecule is Cc1cc(S(=O)(=O)O)c(C(C)C)cc1OC(=O)C1C2CC3C(OC(=O)C31)C2OC(=O)c1cc(I)c(I)c(I)c1I. The van der Waals surface area contributed by atoms with E-state index in [9.17, 15) is 27.4 Å². The zero-order chi connectivity index (χ0) is 29.4. The molecule has 1 N–H and O–H groups in total. The van der Waals surface area contributed by atoms with Gasteiger partial charge in [0.2, 0.25) is 0 Å². The summed E-state index contributed by atoms with van der Waals surface area (Å²) in [5.74, 6) is -4.18. The summed E-state index contributed by atoms with van der Waals surface area (Å²) in [6, 6.07) is 4.47. The van der Waals surface area contributed by atoms with Crippen molar-refractivity contribution in [1.29, 1.82) is 0 Å². The smallest absolute Gasteiger partial charge is 0.339 e. The van der Waals surface area contributed by atoms with Crippen LogP contribution in [0.2, 0.25) is 0 Å². The van der Waals surface area contributed by atoms with E-state index in [-0.39, 0.29) is 22.5 Å². The number of benzene rings is 2. The maximum Gasteiger partial charge on any atom is 0.339 e. The number of hydrogen-bond donors (Lipinski definition) is 1. The average Bonchev–Trinajstić information content (AvgIpc) is 3.49. The summed E-state index contributed by atoms with van der Waals surface area (Å²) in [6.07, 6.45) is -0.925. The van der Waals surface area contributed by atoms with E-state index in [1.807, 2.05) is 0 Å². The third-order valence-electron chi connectivity index (χ3n) is 7.80. The van der Waals surface area contributed by atoms with Crippen LogP contribution in [0.3, 0.4) is 0 Å². The van der Waals surface area contributed by atoms with Gasteiger partial charge in [-0.2, -0.15) is 8.42 Å². The van der Waals surface area contributed by atoms with Crippen LogP contribution in [-0.2, 0) is 29.2 Å². The molecule has 0 spiro atoms. The first-order valence-electron chi connectivity index (χ1n) is 12.2. The van der Waals surface area contributed by atoms with Crippen molar-refractivity contribution in [3.05, 3.63) is 49.2 Å². The predicted octanol–water partition coefficient (Wildman–Crippen LogP) is 5.72. The Kier molecular flexibility index (Phi) is 8.80. The molecule has 14 heteroatoms. The Balaban J connectivity index is 1.43. The van der Waals surface area contributed by atoms with Crippen molar-refractivity contribution in [2.24, 2.45) is 23.7 Å². The molecule has 0 amide bonds. The number of carbonyl (C=O) groups is 3. The van der Waals surface area contributed by atoms with Crippen LogP contribution in [0, 0.1) is 44.9 Å². The zero-order valence-electron chi connectivity index (χ0n) is 21.1. The Morgan fingerprint density at radius 2 is 1.73 bits per heavy atom. The first-order chi connectivity index (χ1) is 18.6. The Hall–Kier alpha value is -0.320. The van der Waals surface area contributed by atoms with Gasteiger partial charge in [-0.15, -0.1) is 0 Å². The van der Waals surface area contributed by atoms with Gasteiger partial charge in [-0.05, 0) is 139 Å². The fourth-order valence-corrected chi connectivity index (χ4v) is 10.2. The first-order valence-corrected chi connectivity index (χ1v) is 18.0. The number of aryl methyl sites for hydroxylation is 1. The van der Waals surface area contributed by atoms with Crippen LogP contribution >= 0.6 is 90.4 Å². The lowest BCUT2D eigenvalue weighted by Crippen LogP contribution is -2.44. The Morgan fingerprint density at radius 1 is 1.05 bits per heavy atom. The Labute approximate surface area is 285 Å². The molecule has 1 aliphatic heterocycles. The molecule has 9 nitrogen and oxygen atoms in total. The summed E-state index contributed by atoms with van der Waals surface area (Å²) < 4.78 is 54.5. The lowest BCUT2D eigenvalue weighted by atomic mass is 9.78. The quantitative estimate of drug-likeness (QED) is 0.0964. The molecule has 2 aromatic rings. The topological polar surface area (TPSA) is 133 Å². The first kappa shape index (κ1) is 31.1. The zero-order valence-corrected chi connectivity index (χ0v) is 30.6. The average molecular weight is 1020 g/mol. The molecule has 1 heterocycles. The van der Waals surface area contributed by atoms with E-state index in [4.69, 9.17) is 14.2 Å². The van der Waals surface area contributed by atoms with Crippen molar-refractivity contribution >= 4 is 118 Å². The maximum absolute atomic E-state index is 13.6. The summed E-state index contributed by atoms with van der Waals surface area (Å²) in [5, 5.41) is 0. The van der Waals surface area contributed by atoms with Gasteiger partial charge in [0, 0.05) is 26.1 Å². The van der Waals surface area contributed by atoms with Crippen molar-refractivity contribution in [3.63, 3.8) is 0 Å². The lowest BCUT2D eigenvalue weighted by Gasteiger charge is -2.30. The Morgan fingerprint density at radius 3 is 2.35 bits per heavy atom. The van der Waals surface area contributed by atoms with E-state index >= 15 is 0 Å². The van der Waals surface area contributed by atoms with Gasteiger partial charge in [0.25, 0.3) is 10.1 Å². The molecule has 5 rings (SSSR count). The number of carbonyl (C=O) groups excluding carboxylic acids is 3. The van der Waals surface area contributed by atoms with E-state index in [0.29, 0.717) is 23.1 Å². The van der Waals surface area contributed by atoms with E-state index < -0.39 is 58.0 Å². The van der Waals surface area contributed by atoms with Crippen molar-refractivity contribution in [2.75, 3.05) is 0 Å². The molecule has 40 heavy (non-hydrogen) atoms. The lowest BCUT2D eigenvalue weighted by molar-refractivity contribution is -0.149. The number of esters is 3. The standard InChI is InChI=1S/C26H22I4O9S/c1-8(2)10-7-15(9(3)4-16(10)40(34,35)36)37-25(32)17-11-5-12-18(17)26(33)39-23(12)22(11)38-24(31)13-6-14(27)20(29)21(30)19(13)28/h4,6-8,11-12,17-18,22-23H,5H2,1-3H3,(H,34,35,36). The molecule has 2 aliphatic carbocycles. The second kappa shape index (κ2) is 11.3. The van der Waals surface area contributed by atoms with E-state index in [0.717, 1.165) is 14.3 Å². The summed E-state index contributed by atoms with van der Waals surface area (Å²) in [6.45, 7) is 5.08. The van der Waals surface area contributed by atoms with Gasteiger partial charge in [-0.1, -0.05) is 13.8 Å². The summed E-state index contributed by atoms with van der Waals surface area (Å²) >= 11 is 8.69. The van der Waals surface area contributed by atoms with Crippen molar-refractivity contribution < 1.29 is 41.6 Å². The maximum atomic E-state index is 13.6. The largest absolute Gasteiger partial charge is 0.458 e. The van der Waals surface area contributed by atoms with E-state index in [2.05, 4.69) is 90.4 Å². The molecular weight excluding hydrogens is 996 g/mol. The summed E-state index contributed by atoms with van der Waals surface area (Å²) in [4.78, 5) is 39.5. The van der Waals surface area contributed by atoms with Crippen LogP contribution in [0.1, 0.15) is 47.7 Å². The van der Waals surface area contributed by atoms with Crippen molar-refractivity contribution in [2.45, 2.75) is 50.2 Å². The normalized spacial score (nSPS) is 26.8. The van der Waals surface area contributed by atoms with Crippen LogP contribution in [0.15, 0.2) is 23.1 Å². The third-order valence-corrected chi connectivity index (χ3v) is 16.0. The minimum absolute atomic E-state index is 0.137. The van der Waals surface area contributed by atoms with Crippen LogP contribution in [0.5, 0.6) is 5.75 Å². The third kappa shape index (κ3) is 5.31. The fourth-order valence-electron chi connectivity index (χ4n) is 6.02. The van der Waals surface area contributed by atoms with Gasteiger partial charge in [0.1, 0.15) is 18.0 Å². The molecule has 3 fully saturated rings. The highest BCUT2D eigenvalue weighted by atomic mass is 127. The minimum atomic E-state index is -4.49. The van der Waals surface area contributed by atoms with E-state index in [1.54, 1.807) is 26.8 Å². The molecule has 1 saturated heterocycles. The molecule has 6 unspecified atom stereocenters. The molecule has 0 aromatic heterocycles. The molecular formula is C26H22I4O9S. The number of fused-ring (bicyclic) bond motifs is 1. The summed E-state index contributed by atoms with van der Waals surface area (Å²) in [5.41, 5.74) is 1.04. The number of hydrogen-bond acceptors (Lipinski definition) is 8.